The number of thiophene rings is 1. The molecule has 0 radical (unpaired) electrons. The molecule has 0 unspecified atom stereocenters. The fourth-order valence-corrected chi connectivity index (χ4v) is 1.64. The van der Waals surface area contributed by atoms with Crippen molar-refractivity contribution in [2.75, 3.05) is 6.54 Å². The number of rotatable bonds is 6. The van der Waals surface area contributed by atoms with Crippen molar-refractivity contribution in [1.29, 1.82) is 0 Å². The maximum absolute atomic E-state index is 11.4. The topological polar surface area (TPSA) is 29.1 Å². The van der Waals surface area contributed by atoms with Crippen LogP contribution in [0.4, 0.5) is 0 Å². The molecule has 0 aliphatic heterocycles. The number of hydrogen-bond acceptors (Lipinski definition) is 3. The second-order valence-electron chi connectivity index (χ2n) is 3.02. The summed E-state index contributed by atoms with van der Waals surface area (Å²) in [7, 11) is 0. The van der Waals surface area contributed by atoms with Gasteiger partial charge in [-0.3, -0.25) is 4.79 Å². The minimum atomic E-state index is 0.0650. The summed E-state index contributed by atoms with van der Waals surface area (Å²) in [5.41, 5.74) is 0.767. The van der Waals surface area contributed by atoms with E-state index in [2.05, 4.69) is 12.2 Å². The van der Waals surface area contributed by atoms with Crippen LogP contribution in [0.1, 0.15) is 30.1 Å². The Morgan fingerprint density at radius 3 is 3.14 bits per heavy atom. The third kappa shape index (κ3) is 3.75. The summed E-state index contributed by atoms with van der Waals surface area (Å²) >= 11 is 1.54. The summed E-state index contributed by atoms with van der Waals surface area (Å²) < 4.78 is 0. The van der Waals surface area contributed by atoms with Gasteiger partial charge in [0.05, 0.1) is 0 Å². The fraction of sp³-hybridized carbons (Fsp3) is 0.364. The van der Waals surface area contributed by atoms with Gasteiger partial charge in [-0.1, -0.05) is 13.3 Å². The van der Waals surface area contributed by atoms with Crippen molar-refractivity contribution in [3.63, 3.8) is 0 Å². The van der Waals surface area contributed by atoms with Crippen molar-refractivity contribution in [2.24, 2.45) is 0 Å². The molecule has 0 spiro atoms. The summed E-state index contributed by atoms with van der Waals surface area (Å²) in [5, 5.41) is 6.85. The summed E-state index contributed by atoms with van der Waals surface area (Å²) in [6, 6.07) is 1.84. The summed E-state index contributed by atoms with van der Waals surface area (Å²) in [6.45, 7) is 3.08. The molecule has 0 fully saturated rings. The number of carbonyl (C=O) groups excluding carboxylic acids is 1. The highest BCUT2D eigenvalue weighted by molar-refractivity contribution is 7.08. The molecular weight excluding hydrogens is 194 g/mol. The molecule has 76 valence electrons. The van der Waals surface area contributed by atoms with Gasteiger partial charge in [-0.05, 0) is 17.9 Å². The highest BCUT2D eigenvalue weighted by atomic mass is 32.1. The average molecular weight is 209 g/mol. The highest BCUT2D eigenvalue weighted by Crippen LogP contribution is 2.06. The first-order valence-electron chi connectivity index (χ1n) is 4.81. The third-order valence-electron chi connectivity index (χ3n) is 1.83. The monoisotopic (exact) mass is 209 g/mol. The van der Waals surface area contributed by atoms with Crippen molar-refractivity contribution < 1.29 is 4.79 Å². The van der Waals surface area contributed by atoms with Crippen LogP contribution in [0.15, 0.2) is 29.1 Å². The van der Waals surface area contributed by atoms with Gasteiger partial charge in [-0.2, -0.15) is 11.3 Å². The number of allylic oxidation sites excluding steroid dienone is 1. The lowest BCUT2D eigenvalue weighted by atomic mass is 10.2. The van der Waals surface area contributed by atoms with Crippen molar-refractivity contribution in [1.82, 2.24) is 5.32 Å². The van der Waals surface area contributed by atoms with E-state index in [1.807, 2.05) is 16.8 Å². The largest absolute Gasteiger partial charge is 0.391 e. The molecule has 0 aliphatic carbocycles. The molecule has 1 aromatic heterocycles. The van der Waals surface area contributed by atoms with Gasteiger partial charge in [-0.25, -0.2) is 0 Å². The molecule has 0 aromatic carbocycles. The van der Waals surface area contributed by atoms with Crippen LogP contribution in [0, 0.1) is 0 Å². The van der Waals surface area contributed by atoms with E-state index < -0.39 is 0 Å². The Labute approximate surface area is 88.6 Å². The first-order chi connectivity index (χ1) is 6.84. The molecule has 0 amide bonds. The third-order valence-corrected chi connectivity index (χ3v) is 2.52. The van der Waals surface area contributed by atoms with Crippen LogP contribution in [0.25, 0.3) is 0 Å². The Morgan fingerprint density at radius 1 is 1.64 bits per heavy atom. The van der Waals surface area contributed by atoms with Crippen molar-refractivity contribution in [3.05, 3.63) is 34.7 Å². The van der Waals surface area contributed by atoms with Crippen LogP contribution in [0.3, 0.4) is 0 Å². The Bertz CT molecular complexity index is 290. The van der Waals surface area contributed by atoms with Crippen LogP contribution in [-0.4, -0.2) is 12.3 Å². The Hall–Kier alpha value is -1.09. The van der Waals surface area contributed by atoms with E-state index in [0.29, 0.717) is 0 Å². The summed E-state index contributed by atoms with van der Waals surface area (Å²) in [4.78, 5) is 11.4. The molecular formula is C11H15NOS. The molecule has 1 N–H and O–H groups in total. The Morgan fingerprint density at radius 2 is 2.50 bits per heavy atom. The maximum atomic E-state index is 11.4. The van der Waals surface area contributed by atoms with Crippen molar-refractivity contribution >= 4 is 17.1 Å². The van der Waals surface area contributed by atoms with Crippen LogP contribution in [0.2, 0.25) is 0 Å². The Kier molecular flexibility index (Phi) is 5.00. The van der Waals surface area contributed by atoms with E-state index in [9.17, 15) is 4.79 Å². The zero-order chi connectivity index (χ0) is 10.2. The molecule has 0 atom stereocenters. The minimum absolute atomic E-state index is 0.0650. The van der Waals surface area contributed by atoms with E-state index in [1.165, 1.54) is 6.42 Å². The molecule has 14 heavy (non-hydrogen) atoms. The highest BCUT2D eigenvalue weighted by Gasteiger charge is 1.99. The van der Waals surface area contributed by atoms with E-state index in [0.717, 1.165) is 18.5 Å². The number of hydrogen-bond donors (Lipinski definition) is 1. The zero-order valence-corrected chi connectivity index (χ0v) is 9.14. The van der Waals surface area contributed by atoms with Gasteiger partial charge in [0.15, 0.2) is 5.78 Å². The van der Waals surface area contributed by atoms with E-state index in [1.54, 1.807) is 23.6 Å². The lowest BCUT2D eigenvalue weighted by Crippen LogP contribution is -2.07. The molecule has 0 aliphatic rings. The van der Waals surface area contributed by atoms with E-state index in [-0.39, 0.29) is 5.78 Å². The lowest BCUT2D eigenvalue weighted by Gasteiger charge is -1.96. The second kappa shape index (κ2) is 6.38. The van der Waals surface area contributed by atoms with Gasteiger partial charge >= 0.3 is 0 Å². The SMILES string of the molecule is CCCCN/C=C/C(=O)c1ccsc1. The molecule has 1 heterocycles. The molecule has 0 bridgehead atoms. The predicted octanol–water partition coefficient (Wildman–Crippen LogP) is 2.83. The first-order valence-corrected chi connectivity index (χ1v) is 5.75. The summed E-state index contributed by atoms with van der Waals surface area (Å²) in [5.74, 6) is 0.0650. The number of carbonyl (C=O) groups is 1. The molecule has 0 saturated carbocycles. The lowest BCUT2D eigenvalue weighted by molar-refractivity contribution is 0.104. The fourth-order valence-electron chi connectivity index (χ4n) is 0.998. The predicted molar refractivity (Wildman–Crippen MR) is 60.7 cm³/mol. The van der Waals surface area contributed by atoms with E-state index >= 15 is 0 Å². The zero-order valence-electron chi connectivity index (χ0n) is 8.32. The standard InChI is InChI=1S/C11H15NOS/c1-2-3-6-12-7-4-11(13)10-5-8-14-9-10/h4-5,7-9,12H,2-3,6H2,1H3/b7-4+. The van der Waals surface area contributed by atoms with Gasteiger partial charge in [-0.15, -0.1) is 0 Å². The van der Waals surface area contributed by atoms with Crippen molar-refractivity contribution in [3.8, 4) is 0 Å². The van der Waals surface area contributed by atoms with Gasteiger partial charge in [0.2, 0.25) is 0 Å². The maximum Gasteiger partial charge on any atom is 0.188 e. The van der Waals surface area contributed by atoms with Crippen LogP contribution in [-0.2, 0) is 0 Å². The average Bonchev–Trinajstić information content (AvgIpc) is 2.70. The van der Waals surface area contributed by atoms with Crippen LogP contribution in [0.5, 0.6) is 0 Å². The minimum Gasteiger partial charge on any atom is -0.391 e. The van der Waals surface area contributed by atoms with Gasteiger partial charge in [0, 0.05) is 29.8 Å². The quantitative estimate of drug-likeness (QED) is 0.443. The number of ketones is 1. The number of nitrogens with one attached hydrogen (secondary N) is 1. The normalized spacial score (nSPS) is 10.6. The molecule has 1 aromatic rings. The first kappa shape index (κ1) is 11.0. The van der Waals surface area contributed by atoms with Gasteiger partial charge in [0.25, 0.3) is 0 Å². The van der Waals surface area contributed by atoms with Crippen molar-refractivity contribution in [2.45, 2.75) is 19.8 Å². The smallest absolute Gasteiger partial charge is 0.188 e. The molecule has 0 saturated heterocycles. The second-order valence-corrected chi connectivity index (χ2v) is 3.80. The van der Waals surface area contributed by atoms with Gasteiger partial charge in [0.1, 0.15) is 0 Å². The molecule has 1 rings (SSSR count). The number of unbranched alkanes of at least 4 members (excludes halogenated alkanes) is 1. The molecule has 2 nitrogen and oxygen atoms in total. The van der Waals surface area contributed by atoms with Crippen LogP contribution >= 0.6 is 11.3 Å². The summed E-state index contributed by atoms with van der Waals surface area (Å²) in [6.07, 6.45) is 5.61. The van der Waals surface area contributed by atoms with E-state index in [4.69, 9.17) is 0 Å². The van der Waals surface area contributed by atoms with Crippen LogP contribution < -0.4 is 5.32 Å². The Balaban J connectivity index is 2.27. The van der Waals surface area contributed by atoms with Gasteiger partial charge < -0.3 is 5.32 Å². The molecule has 3 heteroatoms.